The van der Waals surface area contributed by atoms with Gasteiger partial charge >= 0.3 is 6.09 Å². The van der Waals surface area contributed by atoms with E-state index in [2.05, 4.69) is 6.07 Å². The normalized spacial score (nSPS) is 17.4. The van der Waals surface area contributed by atoms with Gasteiger partial charge in [-0.2, -0.15) is 5.26 Å². The van der Waals surface area contributed by atoms with Crippen molar-refractivity contribution in [2.75, 3.05) is 7.11 Å². The van der Waals surface area contributed by atoms with Crippen molar-refractivity contribution < 1.29 is 14.3 Å². The molecular weight excluding hydrogens is 256 g/mol. The molecule has 0 spiro atoms. The SMILES string of the molecule is COc1ccc2c(c1)C(C#N)N(C(=O)OC(C)(C)C)C2. The van der Waals surface area contributed by atoms with Crippen molar-refractivity contribution in [3.05, 3.63) is 29.3 Å². The minimum atomic E-state index is -0.630. The Morgan fingerprint density at radius 3 is 2.70 bits per heavy atom. The van der Waals surface area contributed by atoms with Crippen molar-refractivity contribution in [3.63, 3.8) is 0 Å². The Morgan fingerprint density at radius 2 is 2.15 bits per heavy atom. The van der Waals surface area contributed by atoms with E-state index >= 15 is 0 Å². The molecule has 0 saturated carbocycles. The van der Waals surface area contributed by atoms with Crippen molar-refractivity contribution in [1.82, 2.24) is 4.90 Å². The second-order valence-electron chi connectivity index (χ2n) is 5.70. The number of hydrogen-bond acceptors (Lipinski definition) is 4. The Morgan fingerprint density at radius 1 is 1.45 bits per heavy atom. The van der Waals surface area contributed by atoms with E-state index < -0.39 is 17.7 Å². The molecule has 1 heterocycles. The standard InChI is InChI=1S/C15H18N2O3/c1-15(2,3)20-14(18)17-9-10-5-6-11(19-4)7-12(10)13(17)8-16/h5-7,13H,9H2,1-4H3. The summed E-state index contributed by atoms with van der Waals surface area (Å²) in [6, 6.07) is 7.03. The fourth-order valence-electron chi connectivity index (χ4n) is 2.17. The van der Waals surface area contributed by atoms with Gasteiger partial charge in [0, 0.05) is 0 Å². The summed E-state index contributed by atoms with van der Waals surface area (Å²) in [4.78, 5) is 13.6. The Balaban J connectivity index is 2.28. The summed E-state index contributed by atoms with van der Waals surface area (Å²) < 4.78 is 10.5. The van der Waals surface area contributed by atoms with Crippen LogP contribution >= 0.6 is 0 Å². The Kier molecular flexibility index (Phi) is 3.58. The molecule has 0 saturated heterocycles. The number of ether oxygens (including phenoxy) is 2. The first kappa shape index (κ1) is 14.2. The minimum absolute atomic E-state index is 0.381. The lowest BCUT2D eigenvalue weighted by Gasteiger charge is -2.26. The van der Waals surface area contributed by atoms with Crippen LogP contribution in [0.3, 0.4) is 0 Å². The van der Waals surface area contributed by atoms with E-state index in [-0.39, 0.29) is 0 Å². The number of methoxy groups -OCH3 is 1. The lowest BCUT2D eigenvalue weighted by atomic mass is 10.1. The number of carbonyl (C=O) groups is 1. The summed E-state index contributed by atoms with van der Waals surface area (Å²) >= 11 is 0. The van der Waals surface area contributed by atoms with Gasteiger partial charge in [0.25, 0.3) is 0 Å². The summed E-state index contributed by atoms with van der Waals surface area (Å²) in [5.74, 6) is 0.676. The summed E-state index contributed by atoms with van der Waals surface area (Å²) in [5, 5.41) is 9.35. The highest BCUT2D eigenvalue weighted by atomic mass is 16.6. The van der Waals surface area contributed by atoms with E-state index in [1.54, 1.807) is 33.9 Å². The van der Waals surface area contributed by atoms with Crippen molar-refractivity contribution >= 4 is 6.09 Å². The van der Waals surface area contributed by atoms with E-state index in [0.29, 0.717) is 12.3 Å². The average molecular weight is 274 g/mol. The lowest BCUT2D eigenvalue weighted by molar-refractivity contribution is 0.0213. The predicted molar refractivity (Wildman–Crippen MR) is 73.1 cm³/mol. The molecule has 20 heavy (non-hydrogen) atoms. The third-order valence-corrected chi connectivity index (χ3v) is 3.05. The van der Waals surface area contributed by atoms with Gasteiger partial charge in [0.15, 0.2) is 0 Å². The van der Waals surface area contributed by atoms with Crippen LogP contribution in [-0.2, 0) is 11.3 Å². The number of amides is 1. The Labute approximate surface area is 118 Å². The van der Waals surface area contributed by atoms with Gasteiger partial charge in [-0.25, -0.2) is 4.79 Å². The molecule has 0 N–H and O–H groups in total. The third-order valence-electron chi connectivity index (χ3n) is 3.05. The van der Waals surface area contributed by atoms with Crippen LogP contribution in [0.25, 0.3) is 0 Å². The Hall–Kier alpha value is -2.22. The average Bonchev–Trinajstić information content (AvgIpc) is 2.74. The largest absolute Gasteiger partial charge is 0.497 e. The molecule has 0 aromatic heterocycles. The lowest BCUT2D eigenvalue weighted by Crippen LogP contribution is -2.35. The molecule has 1 aromatic carbocycles. The number of benzene rings is 1. The van der Waals surface area contributed by atoms with Crippen LogP contribution in [0.4, 0.5) is 4.79 Å². The van der Waals surface area contributed by atoms with Crippen LogP contribution in [0.1, 0.15) is 37.9 Å². The number of hydrogen-bond donors (Lipinski definition) is 0. The monoisotopic (exact) mass is 274 g/mol. The maximum absolute atomic E-state index is 12.2. The number of rotatable bonds is 1. The highest BCUT2D eigenvalue weighted by Gasteiger charge is 2.36. The topological polar surface area (TPSA) is 62.6 Å². The molecule has 0 aliphatic carbocycles. The van der Waals surface area contributed by atoms with Gasteiger partial charge in [-0.15, -0.1) is 0 Å². The van der Waals surface area contributed by atoms with Gasteiger partial charge in [-0.3, -0.25) is 4.90 Å². The maximum Gasteiger partial charge on any atom is 0.411 e. The fraction of sp³-hybridized carbons (Fsp3) is 0.467. The molecule has 1 atom stereocenters. The second-order valence-corrected chi connectivity index (χ2v) is 5.70. The predicted octanol–water partition coefficient (Wildman–Crippen LogP) is 3.01. The summed E-state index contributed by atoms with van der Waals surface area (Å²) in [6.07, 6.45) is -0.473. The molecule has 1 unspecified atom stereocenters. The van der Waals surface area contributed by atoms with Crippen molar-refractivity contribution in [3.8, 4) is 11.8 Å². The van der Waals surface area contributed by atoms with Crippen LogP contribution in [-0.4, -0.2) is 23.7 Å². The van der Waals surface area contributed by atoms with Gasteiger partial charge in [0.1, 0.15) is 17.4 Å². The molecule has 0 radical (unpaired) electrons. The highest BCUT2D eigenvalue weighted by molar-refractivity contribution is 5.71. The quantitative estimate of drug-likeness (QED) is 0.789. The molecule has 106 valence electrons. The molecule has 0 bridgehead atoms. The molecule has 1 aromatic rings. The molecular formula is C15H18N2O3. The van der Waals surface area contributed by atoms with Gasteiger partial charge in [0.05, 0.1) is 19.7 Å². The van der Waals surface area contributed by atoms with Crippen LogP contribution in [0.5, 0.6) is 5.75 Å². The minimum Gasteiger partial charge on any atom is -0.497 e. The molecule has 5 heteroatoms. The van der Waals surface area contributed by atoms with Gasteiger partial charge < -0.3 is 9.47 Å². The number of nitriles is 1. The first-order chi connectivity index (χ1) is 9.35. The number of fused-ring (bicyclic) bond motifs is 1. The summed E-state index contributed by atoms with van der Waals surface area (Å²) in [7, 11) is 1.57. The molecule has 1 amide bonds. The zero-order chi connectivity index (χ0) is 14.9. The molecule has 1 aliphatic rings. The van der Waals surface area contributed by atoms with Crippen LogP contribution in [0.2, 0.25) is 0 Å². The van der Waals surface area contributed by atoms with Crippen molar-refractivity contribution in [2.24, 2.45) is 0 Å². The van der Waals surface area contributed by atoms with Crippen LogP contribution in [0.15, 0.2) is 18.2 Å². The molecule has 2 rings (SSSR count). The number of carbonyl (C=O) groups excluding carboxylic acids is 1. The second kappa shape index (κ2) is 5.04. The van der Waals surface area contributed by atoms with Crippen molar-refractivity contribution in [1.29, 1.82) is 5.26 Å². The first-order valence-electron chi connectivity index (χ1n) is 6.42. The zero-order valence-corrected chi connectivity index (χ0v) is 12.1. The smallest absolute Gasteiger partial charge is 0.411 e. The summed E-state index contributed by atoms with van der Waals surface area (Å²) in [6.45, 7) is 5.79. The van der Waals surface area contributed by atoms with Gasteiger partial charge in [-0.05, 0) is 44.0 Å². The molecule has 0 fully saturated rings. The number of nitrogens with zero attached hydrogens (tertiary/aromatic N) is 2. The van der Waals surface area contributed by atoms with Gasteiger partial charge in [-0.1, -0.05) is 6.07 Å². The van der Waals surface area contributed by atoms with E-state index in [4.69, 9.17) is 9.47 Å². The van der Waals surface area contributed by atoms with E-state index in [0.717, 1.165) is 11.1 Å². The molecule has 5 nitrogen and oxygen atoms in total. The van der Waals surface area contributed by atoms with E-state index in [1.165, 1.54) is 4.90 Å². The fourth-order valence-corrected chi connectivity index (χ4v) is 2.17. The van der Waals surface area contributed by atoms with Crippen LogP contribution < -0.4 is 4.74 Å². The van der Waals surface area contributed by atoms with E-state index in [9.17, 15) is 10.1 Å². The third kappa shape index (κ3) is 2.69. The summed E-state index contributed by atoms with van der Waals surface area (Å²) in [5.41, 5.74) is 1.17. The van der Waals surface area contributed by atoms with Gasteiger partial charge in [0.2, 0.25) is 0 Å². The maximum atomic E-state index is 12.2. The first-order valence-corrected chi connectivity index (χ1v) is 6.42. The van der Waals surface area contributed by atoms with Crippen LogP contribution in [0, 0.1) is 11.3 Å². The van der Waals surface area contributed by atoms with Crippen molar-refractivity contribution in [2.45, 2.75) is 39.0 Å². The molecule has 1 aliphatic heterocycles. The highest BCUT2D eigenvalue weighted by Crippen LogP contribution is 2.36. The van der Waals surface area contributed by atoms with E-state index in [1.807, 2.05) is 12.1 Å². The Bertz CT molecular complexity index is 569. The zero-order valence-electron chi connectivity index (χ0n) is 12.1.